The topological polar surface area (TPSA) is 30.7 Å². The first-order valence-corrected chi connectivity index (χ1v) is 5.50. The summed E-state index contributed by atoms with van der Waals surface area (Å²) in [6.45, 7) is 0. The Hall–Kier alpha value is -1.68. The second-order valence-corrected chi connectivity index (χ2v) is 4.39. The van der Waals surface area contributed by atoms with Gasteiger partial charge in [-0.3, -0.25) is 4.68 Å². The van der Waals surface area contributed by atoms with E-state index in [1.807, 2.05) is 37.5 Å². The molecule has 15 heavy (non-hydrogen) atoms. The van der Waals surface area contributed by atoms with Crippen LogP contribution in [0.2, 0.25) is 0 Å². The van der Waals surface area contributed by atoms with E-state index < -0.39 is 0 Å². The van der Waals surface area contributed by atoms with E-state index in [1.165, 1.54) is 4.70 Å². The number of nitrogens with zero attached hydrogens (tertiary/aromatic N) is 3. The van der Waals surface area contributed by atoms with Crippen LogP contribution in [-0.2, 0) is 7.05 Å². The highest BCUT2D eigenvalue weighted by atomic mass is 32.1. The second-order valence-electron chi connectivity index (χ2n) is 3.36. The second kappa shape index (κ2) is 3.17. The standard InChI is InChI=1S/C11H9N3S/c1-14-7-6-9(13-14)11-12-8-4-2-3-5-10(8)15-11/h2-7H,1H3. The van der Waals surface area contributed by atoms with Crippen molar-refractivity contribution < 1.29 is 0 Å². The van der Waals surface area contributed by atoms with Crippen LogP contribution in [0.1, 0.15) is 0 Å². The van der Waals surface area contributed by atoms with E-state index >= 15 is 0 Å². The van der Waals surface area contributed by atoms with Crippen LogP contribution in [0.25, 0.3) is 20.9 Å². The molecule has 0 amide bonds. The van der Waals surface area contributed by atoms with E-state index in [0.717, 1.165) is 16.2 Å². The molecule has 4 heteroatoms. The predicted octanol–water partition coefficient (Wildman–Crippen LogP) is 2.70. The maximum absolute atomic E-state index is 4.54. The molecule has 0 aliphatic heterocycles. The Morgan fingerprint density at radius 1 is 1.20 bits per heavy atom. The molecule has 0 atom stereocenters. The van der Waals surface area contributed by atoms with Gasteiger partial charge in [0.15, 0.2) is 0 Å². The molecule has 0 bridgehead atoms. The lowest BCUT2D eigenvalue weighted by Gasteiger charge is -1.86. The number of aryl methyl sites for hydroxylation is 1. The van der Waals surface area contributed by atoms with Crippen molar-refractivity contribution in [1.82, 2.24) is 14.8 Å². The van der Waals surface area contributed by atoms with Crippen molar-refractivity contribution in [2.24, 2.45) is 7.05 Å². The van der Waals surface area contributed by atoms with Crippen molar-refractivity contribution in [3.63, 3.8) is 0 Å². The van der Waals surface area contributed by atoms with Crippen LogP contribution >= 0.6 is 11.3 Å². The molecular formula is C11H9N3S. The molecule has 0 saturated carbocycles. The van der Waals surface area contributed by atoms with Gasteiger partial charge in [-0.1, -0.05) is 12.1 Å². The predicted molar refractivity (Wildman–Crippen MR) is 61.8 cm³/mol. The van der Waals surface area contributed by atoms with Gasteiger partial charge in [-0.15, -0.1) is 11.3 Å². The number of fused-ring (bicyclic) bond motifs is 1. The van der Waals surface area contributed by atoms with Gasteiger partial charge in [0.1, 0.15) is 10.7 Å². The number of benzene rings is 1. The summed E-state index contributed by atoms with van der Waals surface area (Å²) in [6.07, 6.45) is 1.93. The SMILES string of the molecule is Cn1ccc(-c2nc3ccccc3s2)n1. The molecule has 0 spiro atoms. The van der Waals surface area contributed by atoms with Crippen molar-refractivity contribution in [2.75, 3.05) is 0 Å². The smallest absolute Gasteiger partial charge is 0.145 e. The minimum Gasteiger partial charge on any atom is -0.275 e. The molecule has 74 valence electrons. The highest BCUT2D eigenvalue weighted by molar-refractivity contribution is 7.21. The average molecular weight is 215 g/mol. The summed E-state index contributed by atoms with van der Waals surface area (Å²) in [5.74, 6) is 0. The van der Waals surface area contributed by atoms with Gasteiger partial charge < -0.3 is 0 Å². The van der Waals surface area contributed by atoms with Crippen LogP contribution in [-0.4, -0.2) is 14.8 Å². The summed E-state index contributed by atoms with van der Waals surface area (Å²) in [7, 11) is 1.91. The van der Waals surface area contributed by atoms with Gasteiger partial charge in [0.25, 0.3) is 0 Å². The Kier molecular flexibility index (Phi) is 1.82. The molecule has 0 aliphatic rings. The van der Waals surface area contributed by atoms with Crippen molar-refractivity contribution in [3.05, 3.63) is 36.5 Å². The molecule has 2 heterocycles. The van der Waals surface area contributed by atoms with Crippen molar-refractivity contribution in [2.45, 2.75) is 0 Å². The number of hydrogen-bond donors (Lipinski definition) is 0. The molecule has 0 fully saturated rings. The number of hydrogen-bond acceptors (Lipinski definition) is 3. The summed E-state index contributed by atoms with van der Waals surface area (Å²) in [5.41, 5.74) is 1.99. The third-order valence-electron chi connectivity index (χ3n) is 2.23. The molecule has 3 rings (SSSR count). The van der Waals surface area contributed by atoms with E-state index in [9.17, 15) is 0 Å². The Morgan fingerprint density at radius 2 is 2.07 bits per heavy atom. The first kappa shape index (κ1) is 8.61. The molecule has 0 N–H and O–H groups in total. The van der Waals surface area contributed by atoms with Gasteiger partial charge >= 0.3 is 0 Å². The zero-order chi connectivity index (χ0) is 10.3. The van der Waals surface area contributed by atoms with E-state index in [2.05, 4.69) is 16.1 Å². The van der Waals surface area contributed by atoms with Crippen LogP contribution in [0.5, 0.6) is 0 Å². The highest BCUT2D eigenvalue weighted by Crippen LogP contribution is 2.28. The first-order chi connectivity index (χ1) is 7.33. The quantitative estimate of drug-likeness (QED) is 0.625. The summed E-state index contributed by atoms with van der Waals surface area (Å²) < 4.78 is 3.00. The largest absolute Gasteiger partial charge is 0.275 e. The minimum atomic E-state index is 0.943. The molecule has 0 aliphatic carbocycles. The summed E-state index contributed by atoms with van der Waals surface area (Å²) in [5, 5.41) is 5.32. The zero-order valence-corrected chi connectivity index (χ0v) is 9.03. The Labute approximate surface area is 91.0 Å². The van der Waals surface area contributed by atoms with Gasteiger partial charge in [-0.25, -0.2) is 4.98 Å². The van der Waals surface area contributed by atoms with Crippen molar-refractivity contribution >= 4 is 21.6 Å². The van der Waals surface area contributed by atoms with Crippen LogP contribution in [0.15, 0.2) is 36.5 Å². The molecule has 1 aromatic carbocycles. The van der Waals surface area contributed by atoms with E-state index in [4.69, 9.17) is 0 Å². The van der Waals surface area contributed by atoms with Crippen LogP contribution in [0.3, 0.4) is 0 Å². The summed E-state index contributed by atoms with van der Waals surface area (Å²) in [6, 6.07) is 10.1. The lowest BCUT2D eigenvalue weighted by Crippen LogP contribution is -1.87. The highest BCUT2D eigenvalue weighted by Gasteiger charge is 2.07. The number of para-hydroxylation sites is 1. The first-order valence-electron chi connectivity index (χ1n) is 4.68. The molecule has 3 nitrogen and oxygen atoms in total. The van der Waals surface area contributed by atoms with Gasteiger partial charge in [-0.05, 0) is 18.2 Å². The van der Waals surface area contributed by atoms with Crippen LogP contribution < -0.4 is 0 Å². The lowest BCUT2D eigenvalue weighted by atomic mass is 10.3. The fraction of sp³-hybridized carbons (Fsp3) is 0.0909. The third-order valence-corrected chi connectivity index (χ3v) is 3.29. The summed E-state index contributed by atoms with van der Waals surface area (Å²) in [4.78, 5) is 4.54. The average Bonchev–Trinajstić information content (AvgIpc) is 2.82. The van der Waals surface area contributed by atoms with Crippen molar-refractivity contribution in [1.29, 1.82) is 0 Å². The Balaban J connectivity index is 2.19. The lowest BCUT2D eigenvalue weighted by molar-refractivity contribution is 0.771. The molecule has 0 radical (unpaired) electrons. The number of thiazole rings is 1. The Bertz CT molecular complexity index is 576. The molecular weight excluding hydrogens is 206 g/mol. The maximum Gasteiger partial charge on any atom is 0.145 e. The maximum atomic E-state index is 4.54. The van der Waals surface area contributed by atoms with Gasteiger partial charge in [0.2, 0.25) is 0 Å². The Morgan fingerprint density at radius 3 is 2.80 bits per heavy atom. The minimum absolute atomic E-state index is 0.943. The molecule has 0 saturated heterocycles. The van der Waals surface area contributed by atoms with Gasteiger partial charge in [-0.2, -0.15) is 5.10 Å². The monoisotopic (exact) mass is 215 g/mol. The molecule has 0 unspecified atom stereocenters. The fourth-order valence-electron chi connectivity index (χ4n) is 1.51. The zero-order valence-electron chi connectivity index (χ0n) is 8.21. The van der Waals surface area contributed by atoms with Crippen LogP contribution in [0, 0.1) is 0 Å². The number of aromatic nitrogens is 3. The summed E-state index contributed by atoms with van der Waals surface area (Å²) >= 11 is 1.68. The van der Waals surface area contributed by atoms with E-state index in [0.29, 0.717) is 0 Å². The van der Waals surface area contributed by atoms with Gasteiger partial charge in [0.05, 0.1) is 10.2 Å². The van der Waals surface area contributed by atoms with E-state index in [1.54, 1.807) is 16.0 Å². The fourth-order valence-corrected chi connectivity index (χ4v) is 2.44. The molecule has 2 aromatic heterocycles. The van der Waals surface area contributed by atoms with Crippen LogP contribution in [0.4, 0.5) is 0 Å². The normalized spacial score (nSPS) is 11.0. The third kappa shape index (κ3) is 1.43. The van der Waals surface area contributed by atoms with Gasteiger partial charge in [0, 0.05) is 13.2 Å². The van der Waals surface area contributed by atoms with E-state index in [-0.39, 0.29) is 0 Å². The molecule has 3 aromatic rings. The number of rotatable bonds is 1. The van der Waals surface area contributed by atoms with Crippen molar-refractivity contribution in [3.8, 4) is 10.7 Å².